The fourth-order valence-corrected chi connectivity index (χ4v) is 4.63. The lowest BCUT2D eigenvalue weighted by Crippen LogP contribution is -2.50. The van der Waals surface area contributed by atoms with Crippen molar-refractivity contribution in [2.45, 2.75) is 24.7 Å². The molecule has 1 amide bonds. The highest BCUT2D eigenvalue weighted by molar-refractivity contribution is 7.89. The maximum atomic E-state index is 12.7. The van der Waals surface area contributed by atoms with Crippen LogP contribution in [0.4, 0.5) is 0 Å². The number of piperazine rings is 1. The van der Waals surface area contributed by atoms with Gasteiger partial charge in [-0.1, -0.05) is 37.6 Å². The van der Waals surface area contributed by atoms with Crippen molar-refractivity contribution in [3.05, 3.63) is 64.7 Å². The minimum Gasteiger partial charge on any atom is -0.336 e. The van der Waals surface area contributed by atoms with Gasteiger partial charge in [0.15, 0.2) is 0 Å². The van der Waals surface area contributed by atoms with E-state index in [-0.39, 0.29) is 23.9 Å². The molecule has 0 aromatic heterocycles. The van der Waals surface area contributed by atoms with Gasteiger partial charge in [-0.3, -0.25) is 4.79 Å². The average molecular weight is 407 g/mol. The van der Waals surface area contributed by atoms with Gasteiger partial charge in [0.05, 0.1) is 4.90 Å². The topological polar surface area (TPSA) is 57.7 Å². The fraction of sp³-hybridized carbons (Fsp3) is 0.350. The van der Waals surface area contributed by atoms with Gasteiger partial charge in [0.1, 0.15) is 0 Å². The van der Waals surface area contributed by atoms with E-state index in [4.69, 9.17) is 11.6 Å². The lowest BCUT2D eigenvalue weighted by atomic mass is 10.0. The lowest BCUT2D eigenvalue weighted by molar-refractivity contribution is 0.0698. The third-order valence-corrected chi connectivity index (χ3v) is 6.97. The number of rotatable bonds is 4. The Kier molecular flexibility index (Phi) is 5.89. The normalized spacial score (nSPS) is 15.9. The Labute approximate surface area is 165 Å². The summed E-state index contributed by atoms with van der Waals surface area (Å²) in [5.41, 5.74) is 1.82. The summed E-state index contributed by atoms with van der Waals surface area (Å²) in [6.45, 7) is 5.52. The largest absolute Gasteiger partial charge is 0.336 e. The van der Waals surface area contributed by atoms with Gasteiger partial charge >= 0.3 is 0 Å². The van der Waals surface area contributed by atoms with Crippen LogP contribution in [0, 0.1) is 0 Å². The van der Waals surface area contributed by atoms with Crippen LogP contribution in [0.5, 0.6) is 0 Å². The van der Waals surface area contributed by atoms with E-state index in [9.17, 15) is 13.2 Å². The summed E-state index contributed by atoms with van der Waals surface area (Å²) in [7, 11) is -3.57. The molecule has 1 heterocycles. The highest BCUT2D eigenvalue weighted by Crippen LogP contribution is 2.21. The Balaban J connectivity index is 1.66. The smallest absolute Gasteiger partial charge is 0.253 e. The summed E-state index contributed by atoms with van der Waals surface area (Å²) in [4.78, 5) is 14.6. The van der Waals surface area contributed by atoms with Gasteiger partial charge in [-0.05, 0) is 47.9 Å². The van der Waals surface area contributed by atoms with Crippen LogP contribution in [0.15, 0.2) is 53.4 Å². The van der Waals surface area contributed by atoms with Gasteiger partial charge in [-0.15, -0.1) is 0 Å². The highest BCUT2D eigenvalue weighted by Gasteiger charge is 2.30. The van der Waals surface area contributed by atoms with E-state index in [1.807, 2.05) is 24.3 Å². The summed E-state index contributed by atoms with van der Waals surface area (Å²) in [5.74, 6) is 0.351. The SMILES string of the molecule is CC(C)c1ccc(C(=O)N2CCN(S(=O)(=O)c3ccc(Cl)cc3)CC2)cc1. The summed E-state index contributed by atoms with van der Waals surface area (Å²) in [6, 6.07) is 13.8. The zero-order valence-corrected chi connectivity index (χ0v) is 17.0. The molecule has 3 rings (SSSR count). The van der Waals surface area contributed by atoms with Crippen LogP contribution in [0.2, 0.25) is 5.02 Å². The zero-order chi connectivity index (χ0) is 19.6. The number of benzene rings is 2. The van der Waals surface area contributed by atoms with Crippen LogP contribution in [0.1, 0.15) is 35.7 Å². The third kappa shape index (κ3) is 4.34. The number of nitrogens with zero attached hydrogens (tertiary/aromatic N) is 2. The first-order chi connectivity index (χ1) is 12.8. The van der Waals surface area contributed by atoms with Gasteiger partial charge < -0.3 is 4.90 Å². The molecule has 1 fully saturated rings. The Hall–Kier alpha value is -1.89. The van der Waals surface area contributed by atoms with Gasteiger partial charge in [-0.2, -0.15) is 4.31 Å². The van der Waals surface area contributed by atoms with Gasteiger partial charge in [0, 0.05) is 36.8 Å². The molecular weight excluding hydrogens is 384 g/mol. The summed E-state index contributed by atoms with van der Waals surface area (Å²) in [6.07, 6.45) is 0. The van der Waals surface area contributed by atoms with Crippen molar-refractivity contribution < 1.29 is 13.2 Å². The molecule has 5 nitrogen and oxygen atoms in total. The van der Waals surface area contributed by atoms with Crippen molar-refractivity contribution in [2.24, 2.45) is 0 Å². The van der Waals surface area contributed by atoms with Crippen LogP contribution in [0.25, 0.3) is 0 Å². The van der Waals surface area contributed by atoms with Crippen LogP contribution < -0.4 is 0 Å². The van der Waals surface area contributed by atoms with Crippen molar-refractivity contribution >= 4 is 27.5 Å². The number of carbonyl (C=O) groups excluding carboxylic acids is 1. The molecule has 7 heteroatoms. The molecule has 2 aromatic rings. The van der Waals surface area contributed by atoms with E-state index in [0.717, 1.165) is 0 Å². The second-order valence-electron chi connectivity index (χ2n) is 6.93. The molecule has 0 spiro atoms. The summed E-state index contributed by atoms with van der Waals surface area (Å²) >= 11 is 5.83. The lowest BCUT2D eigenvalue weighted by Gasteiger charge is -2.34. The molecule has 0 aliphatic carbocycles. The Bertz CT molecular complexity index is 901. The molecule has 0 saturated carbocycles. The monoisotopic (exact) mass is 406 g/mol. The molecule has 2 aromatic carbocycles. The Morgan fingerprint density at radius 1 is 0.926 bits per heavy atom. The van der Waals surface area contributed by atoms with E-state index in [1.54, 1.807) is 17.0 Å². The minimum atomic E-state index is -3.57. The van der Waals surface area contributed by atoms with E-state index in [2.05, 4.69) is 13.8 Å². The van der Waals surface area contributed by atoms with Crippen LogP contribution in [0.3, 0.4) is 0 Å². The highest BCUT2D eigenvalue weighted by atomic mass is 35.5. The number of hydrogen-bond acceptors (Lipinski definition) is 3. The van der Waals surface area contributed by atoms with Gasteiger partial charge in [0.25, 0.3) is 5.91 Å². The van der Waals surface area contributed by atoms with Crippen molar-refractivity contribution in [3.8, 4) is 0 Å². The van der Waals surface area contributed by atoms with Crippen molar-refractivity contribution in [2.75, 3.05) is 26.2 Å². The first-order valence-corrected chi connectivity index (χ1v) is 10.8. The number of amides is 1. The summed E-state index contributed by atoms with van der Waals surface area (Å²) < 4.78 is 26.9. The molecule has 1 aliphatic heterocycles. The second-order valence-corrected chi connectivity index (χ2v) is 9.30. The quantitative estimate of drug-likeness (QED) is 0.779. The molecule has 144 valence electrons. The standard InChI is InChI=1S/C20H23ClN2O3S/c1-15(2)16-3-5-17(6-4-16)20(24)22-11-13-23(14-12-22)27(25,26)19-9-7-18(21)8-10-19/h3-10,15H,11-14H2,1-2H3. The molecule has 0 atom stereocenters. The van der Waals surface area contributed by atoms with Crippen LogP contribution >= 0.6 is 11.6 Å². The first kappa shape index (κ1) is 19.9. The van der Waals surface area contributed by atoms with E-state index in [1.165, 1.54) is 22.0 Å². The van der Waals surface area contributed by atoms with Crippen molar-refractivity contribution in [1.29, 1.82) is 0 Å². The third-order valence-electron chi connectivity index (χ3n) is 4.80. The number of hydrogen-bond donors (Lipinski definition) is 0. The molecular formula is C20H23ClN2O3S. The second kappa shape index (κ2) is 8.00. The molecule has 0 unspecified atom stereocenters. The molecule has 0 radical (unpaired) electrons. The van der Waals surface area contributed by atoms with Crippen LogP contribution in [-0.4, -0.2) is 49.7 Å². The van der Waals surface area contributed by atoms with Crippen molar-refractivity contribution in [3.63, 3.8) is 0 Å². The molecule has 27 heavy (non-hydrogen) atoms. The van der Waals surface area contributed by atoms with E-state index < -0.39 is 10.0 Å². The van der Waals surface area contributed by atoms with E-state index in [0.29, 0.717) is 29.6 Å². The number of sulfonamides is 1. The summed E-state index contributed by atoms with van der Waals surface area (Å²) in [5, 5.41) is 0.493. The molecule has 1 aliphatic rings. The predicted octanol–water partition coefficient (Wildman–Crippen LogP) is 3.61. The van der Waals surface area contributed by atoms with Crippen LogP contribution in [-0.2, 0) is 10.0 Å². The first-order valence-electron chi connectivity index (χ1n) is 8.94. The Morgan fingerprint density at radius 2 is 1.48 bits per heavy atom. The minimum absolute atomic E-state index is 0.0613. The maximum Gasteiger partial charge on any atom is 0.253 e. The van der Waals surface area contributed by atoms with Crippen molar-refractivity contribution in [1.82, 2.24) is 9.21 Å². The predicted molar refractivity (Wildman–Crippen MR) is 107 cm³/mol. The fourth-order valence-electron chi connectivity index (χ4n) is 3.08. The van der Waals surface area contributed by atoms with E-state index >= 15 is 0 Å². The zero-order valence-electron chi connectivity index (χ0n) is 15.4. The molecule has 0 N–H and O–H groups in total. The number of carbonyl (C=O) groups is 1. The average Bonchev–Trinajstić information content (AvgIpc) is 2.68. The molecule has 1 saturated heterocycles. The molecule has 0 bridgehead atoms. The Morgan fingerprint density at radius 3 is 2.00 bits per heavy atom. The van der Waals surface area contributed by atoms with Gasteiger partial charge in [-0.25, -0.2) is 8.42 Å². The maximum absolute atomic E-state index is 12.7. The number of halogens is 1. The van der Waals surface area contributed by atoms with Gasteiger partial charge in [0.2, 0.25) is 10.0 Å².